The molecule has 0 bridgehead atoms. The summed E-state index contributed by atoms with van der Waals surface area (Å²) in [6.45, 7) is 1.07. The minimum absolute atomic E-state index is 0.110. The van der Waals surface area contributed by atoms with E-state index in [4.69, 9.17) is 0 Å². The highest BCUT2D eigenvalue weighted by Crippen LogP contribution is 2.21. The van der Waals surface area contributed by atoms with E-state index in [2.05, 4.69) is 0 Å². The van der Waals surface area contributed by atoms with Crippen LogP contribution in [0.1, 0.15) is 20.7 Å². The Morgan fingerprint density at radius 2 is 1.21 bits per heavy atom. The van der Waals surface area contributed by atoms with Crippen LogP contribution in [0.4, 0.5) is 8.78 Å². The van der Waals surface area contributed by atoms with Crippen LogP contribution in [0, 0.1) is 11.6 Å². The number of halogens is 2. The molecule has 0 unspecified atom stereocenters. The van der Waals surface area contributed by atoms with Crippen LogP contribution in [-0.4, -0.2) is 47.8 Å². The molecule has 4 nitrogen and oxygen atoms in total. The lowest BCUT2D eigenvalue weighted by molar-refractivity contribution is 0.0531. The Labute approximate surface area is 161 Å². The Kier molecular flexibility index (Phi) is 4.77. The molecule has 6 heteroatoms. The average Bonchev–Trinajstić information content (AvgIpc) is 2.73. The van der Waals surface area contributed by atoms with Crippen LogP contribution >= 0.6 is 0 Å². The summed E-state index contributed by atoms with van der Waals surface area (Å²) in [5.74, 6) is -2.55. The summed E-state index contributed by atoms with van der Waals surface area (Å²) in [4.78, 5) is 28.5. The van der Waals surface area contributed by atoms with Gasteiger partial charge in [0.1, 0.15) is 17.2 Å². The zero-order chi connectivity index (χ0) is 19.7. The maximum absolute atomic E-state index is 13.9. The van der Waals surface area contributed by atoms with E-state index in [9.17, 15) is 18.4 Å². The second kappa shape index (κ2) is 7.38. The third kappa shape index (κ3) is 3.22. The summed E-state index contributed by atoms with van der Waals surface area (Å²) >= 11 is 0. The number of hydrogen-bond acceptors (Lipinski definition) is 2. The zero-order valence-electron chi connectivity index (χ0n) is 15.1. The Hall–Kier alpha value is -3.28. The first-order chi connectivity index (χ1) is 13.6. The Morgan fingerprint density at radius 1 is 0.679 bits per heavy atom. The lowest BCUT2D eigenvalue weighted by Gasteiger charge is -2.35. The van der Waals surface area contributed by atoms with Crippen LogP contribution in [0.25, 0.3) is 10.8 Å². The van der Waals surface area contributed by atoms with Crippen LogP contribution in [0.5, 0.6) is 0 Å². The molecule has 1 aliphatic heterocycles. The van der Waals surface area contributed by atoms with Crippen molar-refractivity contribution < 1.29 is 18.4 Å². The first-order valence-electron chi connectivity index (χ1n) is 9.06. The van der Waals surface area contributed by atoms with Crippen LogP contribution in [0.2, 0.25) is 0 Å². The van der Waals surface area contributed by atoms with Gasteiger partial charge in [-0.05, 0) is 29.0 Å². The van der Waals surface area contributed by atoms with E-state index in [1.165, 1.54) is 11.0 Å². The maximum Gasteiger partial charge on any atom is 0.259 e. The number of benzene rings is 3. The number of amides is 2. The minimum Gasteiger partial charge on any atom is -0.335 e. The molecule has 28 heavy (non-hydrogen) atoms. The lowest BCUT2D eigenvalue weighted by Crippen LogP contribution is -2.50. The minimum atomic E-state index is -0.876. The van der Waals surface area contributed by atoms with Crippen molar-refractivity contribution >= 4 is 22.6 Å². The Morgan fingerprint density at radius 3 is 1.89 bits per heavy atom. The fourth-order valence-corrected chi connectivity index (χ4v) is 3.56. The van der Waals surface area contributed by atoms with Crippen molar-refractivity contribution in [3.63, 3.8) is 0 Å². The van der Waals surface area contributed by atoms with Crippen molar-refractivity contribution in [3.05, 3.63) is 83.4 Å². The SMILES string of the molecule is O=C(c1c(F)cccc1F)N1CCN(C(=O)c2cccc3ccccc23)CC1. The number of piperazine rings is 1. The molecule has 142 valence electrons. The van der Waals surface area contributed by atoms with Crippen LogP contribution in [0.15, 0.2) is 60.7 Å². The van der Waals surface area contributed by atoms with Crippen molar-refractivity contribution in [2.45, 2.75) is 0 Å². The van der Waals surface area contributed by atoms with Gasteiger partial charge in [-0.15, -0.1) is 0 Å². The molecule has 0 aromatic heterocycles. The standard InChI is InChI=1S/C22H18F2N2O2/c23-18-9-4-10-19(24)20(18)22(28)26-13-11-25(12-14-26)21(27)17-8-3-6-15-5-1-2-7-16(15)17/h1-10H,11-14H2. The first kappa shape index (κ1) is 18.1. The number of rotatable bonds is 2. The summed E-state index contributed by atoms with van der Waals surface area (Å²) < 4.78 is 27.8. The van der Waals surface area contributed by atoms with Gasteiger partial charge in [0.05, 0.1) is 0 Å². The third-order valence-electron chi connectivity index (χ3n) is 5.05. The van der Waals surface area contributed by atoms with Gasteiger partial charge in [0.25, 0.3) is 11.8 Å². The molecular formula is C22H18F2N2O2. The predicted molar refractivity (Wildman–Crippen MR) is 102 cm³/mol. The van der Waals surface area contributed by atoms with Crippen LogP contribution in [0.3, 0.4) is 0 Å². The lowest BCUT2D eigenvalue weighted by atomic mass is 10.0. The molecule has 0 atom stereocenters. The van der Waals surface area contributed by atoms with Crippen molar-refractivity contribution in [3.8, 4) is 0 Å². The van der Waals surface area contributed by atoms with Gasteiger partial charge >= 0.3 is 0 Å². The summed E-state index contributed by atoms with van der Waals surface area (Å²) in [5, 5.41) is 1.86. The topological polar surface area (TPSA) is 40.6 Å². The van der Waals surface area contributed by atoms with Gasteiger partial charge in [-0.2, -0.15) is 0 Å². The van der Waals surface area contributed by atoms with Crippen molar-refractivity contribution in [2.24, 2.45) is 0 Å². The monoisotopic (exact) mass is 380 g/mol. The quantitative estimate of drug-likeness (QED) is 0.680. The largest absolute Gasteiger partial charge is 0.335 e. The molecule has 3 aromatic rings. The number of hydrogen-bond donors (Lipinski definition) is 0. The number of fused-ring (bicyclic) bond motifs is 1. The van der Waals surface area contributed by atoms with E-state index in [0.717, 1.165) is 22.9 Å². The fourth-order valence-electron chi connectivity index (χ4n) is 3.56. The third-order valence-corrected chi connectivity index (χ3v) is 5.05. The summed E-state index contributed by atoms with van der Waals surface area (Å²) in [5.41, 5.74) is 0.0642. The van der Waals surface area contributed by atoms with Crippen LogP contribution < -0.4 is 0 Å². The van der Waals surface area contributed by atoms with Crippen molar-refractivity contribution in [2.75, 3.05) is 26.2 Å². The number of carbonyl (C=O) groups is 2. The molecule has 1 aliphatic rings. The highest BCUT2D eigenvalue weighted by atomic mass is 19.1. The first-order valence-corrected chi connectivity index (χ1v) is 9.06. The van der Waals surface area contributed by atoms with Crippen LogP contribution in [-0.2, 0) is 0 Å². The van der Waals surface area contributed by atoms with E-state index < -0.39 is 23.1 Å². The van der Waals surface area contributed by atoms with Gasteiger partial charge in [0, 0.05) is 31.7 Å². The molecule has 1 saturated heterocycles. The molecular weight excluding hydrogens is 362 g/mol. The Balaban J connectivity index is 1.50. The smallest absolute Gasteiger partial charge is 0.259 e. The van der Waals surface area contributed by atoms with Gasteiger partial charge in [-0.25, -0.2) is 8.78 Å². The molecule has 1 fully saturated rings. The van der Waals surface area contributed by atoms with E-state index in [-0.39, 0.29) is 19.0 Å². The van der Waals surface area contributed by atoms with Gasteiger partial charge in [0.2, 0.25) is 0 Å². The highest BCUT2D eigenvalue weighted by Gasteiger charge is 2.28. The van der Waals surface area contributed by atoms with Gasteiger partial charge in [-0.3, -0.25) is 9.59 Å². The predicted octanol–water partition coefficient (Wildman–Crippen LogP) is 3.72. The molecule has 1 heterocycles. The second-order valence-electron chi connectivity index (χ2n) is 6.71. The van der Waals surface area contributed by atoms with Gasteiger partial charge in [0.15, 0.2) is 0 Å². The molecule has 0 spiro atoms. The number of nitrogens with zero attached hydrogens (tertiary/aromatic N) is 2. The Bertz CT molecular complexity index is 1030. The van der Waals surface area contributed by atoms with E-state index in [1.807, 2.05) is 36.4 Å². The van der Waals surface area contributed by atoms with Gasteiger partial charge in [-0.1, -0.05) is 42.5 Å². The summed E-state index contributed by atoms with van der Waals surface area (Å²) in [6.07, 6.45) is 0. The maximum atomic E-state index is 13.9. The highest BCUT2D eigenvalue weighted by molar-refractivity contribution is 6.07. The second-order valence-corrected chi connectivity index (χ2v) is 6.71. The number of carbonyl (C=O) groups excluding carboxylic acids is 2. The van der Waals surface area contributed by atoms with E-state index in [0.29, 0.717) is 18.7 Å². The van der Waals surface area contributed by atoms with Crippen molar-refractivity contribution in [1.29, 1.82) is 0 Å². The average molecular weight is 380 g/mol. The normalized spacial score (nSPS) is 14.4. The molecule has 4 rings (SSSR count). The molecule has 2 amide bonds. The van der Waals surface area contributed by atoms with E-state index >= 15 is 0 Å². The fraction of sp³-hybridized carbons (Fsp3) is 0.182. The molecule has 0 saturated carbocycles. The zero-order valence-corrected chi connectivity index (χ0v) is 15.1. The molecule has 0 aliphatic carbocycles. The molecule has 3 aromatic carbocycles. The van der Waals surface area contributed by atoms with Gasteiger partial charge < -0.3 is 9.80 Å². The van der Waals surface area contributed by atoms with Crippen molar-refractivity contribution in [1.82, 2.24) is 9.80 Å². The summed E-state index contributed by atoms with van der Waals surface area (Å²) in [6, 6.07) is 16.6. The molecule has 0 radical (unpaired) electrons. The van der Waals surface area contributed by atoms with E-state index in [1.54, 1.807) is 11.0 Å². The summed E-state index contributed by atoms with van der Waals surface area (Å²) in [7, 11) is 0. The molecule has 0 N–H and O–H groups in total.